The van der Waals surface area contributed by atoms with Gasteiger partial charge in [-0.15, -0.1) is 0 Å². The summed E-state index contributed by atoms with van der Waals surface area (Å²) in [6, 6.07) is -0.208. The fraction of sp³-hybridized carbons (Fsp3) is 0.909. The molecule has 0 radical (unpaired) electrons. The van der Waals surface area contributed by atoms with E-state index in [-0.39, 0.29) is 24.8 Å². The molecule has 15 heavy (non-hydrogen) atoms. The number of nitrogens with zero attached hydrogens (tertiary/aromatic N) is 1. The lowest BCUT2D eigenvalue weighted by atomic mass is 9.76. The van der Waals surface area contributed by atoms with Crippen LogP contribution in [0.3, 0.4) is 0 Å². The van der Waals surface area contributed by atoms with Gasteiger partial charge in [0.1, 0.15) is 0 Å². The average molecular weight is 217 g/mol. The molecule has 4 heteroatoms. The first-order valence-corrected chi connectivity index (χ1v) is 5.65. The Morgan fingerprint density at radius 3 is 2.80 bits per heavy atom. The lowest BCUT2D eigenvalue weighted by Crippen LogP contribution is -2.52. The molecule has 2 unspecified atom stereocenters. The Bertz CT molecular complexity index is 267. The zero-order chi connectivity index (χ0) is 11.1. The molecule has 86 valence electrons. The monoisotopic (exact) mass is 217 g/mol. The Balaban J connectivity index is 2.13. The standard InChI is InChI=1S/C11H17F2NO/c1-8(15)14-6-2-3-9-4-5-11(12,13)7-10(9)14/h9-10H,2-7H2,1H3. The second-order valence-corrected chi connectivity index (χ2v) is 4.78. The smallest absolute Gasteiger partial charge is 0.250 e. The van der Waals surface area contributed by atoms with Crippen LogP contribution >= 0.6 is 0 Å². The molecule has 0 aromatic carbocycles. The van der Waals surface area contributed by atoms with Gasteiger partial charge < -0.3 is 4.90 Å². The molecule has 0 aromatic heterocycles. The molecule has 0 bridgehead atoms. The maximum absolute atomic E-state index is 13.3. The van der Waals surface area contributed by atoms with Crippen molar-refractivity contribution in [2.45, 2.75) is 51.0 Å². The number of rotatable bonds is 0. The van der Waals surface area contributed by atoms with Crippen LogP contribution in [0, 0.1) is 5.92 Å². The van der Waals surface area contributed by atoms with Crippen LogP contribution in [0.5, 0.6) is 0 Å². The average Bonchev–Trinajstić information content (AvgIpc) is 2.15. The number of carbonyl (C=O) groups excluding carboxylic acids is 1. The summed E-state index contributed by atoms with van der Waals surface area (Å²) in [6.45, 7) is 2.14. The molecular weight excluding hydrogens is 200 g/mol. The van der Waals surface area contributed by atoms with Crippen molar-refractivity contribution in [3.8, 4) is 0 Å². The van der Waals surface area contributed by atoms with E-state index in [1.165, 1.54) is 6.92 Å². The van der Waals surface area contributed by atoms with Gasteiger partial charge in [-0.05, 0) is 25.2 Å². The molecule has 2 fully saturated rings. The number of piperidine rings is 1. The van der Waals surface area contributed by atoms with Crippen LogP contribution < -0.4 is 0 Å². The number of hydrogen-bond donors (Lipinski definition) is 0. The van der Waals surface area contributed by atoms with Crippen LogP contribution in [0.25, 0.3) is 0 Å². The normalized spacial score (nSPS) is 34.7. The minimum absolute atomic E-state index is 0.0000879. The van der Waals surface area contributed by atoms with Gasteiger partial charge >= 0.3 is 0 Å². The van der Waals surface area contributed by atoms with Gasteiger partial charge in [-0.1, -0.05) is 0 Å². The minimum Gasteiger partial charge on any atom is -0.339 e. The van der Waals surface area contributed by atoms with Crippen molar-refractivity contribution in [3.05, 3.63) is 0 Å². The number of alkyl halides is 2. The molecule has 0 spiro atoms. The molecule has 0 N–H and O–H groups in total. The van der Waals surface area contributed by atoms with Crippen molar-refractivity contribution in [3.63, 3.8) is 0 Å². The summed E-state index contributed by atoms with van der Waals surface area (Å²) < 4.78 is 26.5. The molecule has 2 nitrogen and oxygen atoms in total. The van der Waals surface area contributed by atoms with Crippen molar-refractivity contribution in [2.24, 2.45) is 5.92 Å². The van der Waals surface area contributed by atoms with E-state index in [1.807, 2.05) is 0 Å². The largest absolute Gasteiger partial charge is 0.339 e. The summed E-state index contributed by atoms with van der Waals surface area (Å²) in [5.74, 6) is -2.31. The maximum atomic E-state index is 13.3. The maximum Gasteiger partial charge on any atom is 0.250 e. The highest BCUT2D eigenvalue weighted by Gasteiger charge is 2.45. The fourth-order valence-corrected chi connectivity index (χ4v) is 2.95. The molecule has 2 aliphatic rings. The molecule has 1 amide bonds. The molecule has 2 atom stereocenters. The fourth-order valence-electron chi connectivity index (χ4n) is 2.95. The van der Waals surface area contributed by atoms with Crippen LogP contribution in [-0.4, -0.2) is 29.3 Å². The summed E-state index contributed by atoms with van der Waals surface area (Å²) >= 11 is 0. The summed E-state index contributed by atoms with van der Waals surface area (Å²) in [6.07, 6.45) is 2.41. The van der Waals surface area contributed by atoms with Crippen LogP contribution in [0.2, 0.25) is 0 Å². The predicted molar refractivity (Wildman–Crippen MR) is 52.7 cm³/mol. The lowest BCUT2D eigenvalue weighted by Gasteiger charge is -2.45. The molecule has 1 saturated heterocycles. The van der Waals surface area contributed by atoms with Crippen LogP contribution in [0.15, 0.2) is 0 Å². The summed E-state index contributed by atoms with van der Waals surface area (Å²) in [5, 5.41) is 0. The van der Waals surface area contributed by atoms with Crippen molar-refractivity contribution >= 4 is 5.91 Å². The van der Waals surface area contributed by atoms with Gasteiger partial charge in [-0.2, -0.15) is 0 Å². The first kappa shape index (κ1) is 10.8. The third-order valence-corrected chi connectivity index (χ3v) is 3.71. The van der Waals surface area contributed by atoms with E-state index in [1.54, 1.807) is 4.90 Å². The zero-order valence-corrected chi connectivity index (χ0v) is 9.01. The quantitative estimate of drug-likeness (QED) is 0.610. The van der Waals surface area contributed by atoms with E-state index in [2.05, 4.69) is 0 Å². The minimum atomic E-state index is -2.56. The number of halogens is 2. The van der Waals surface area contributed by atoms with Crippen molar-refractivity contribution in [2.75, 3.05) is 6.54 Å². The third-order valence-electron chi connectivity index (χ3n) is 3.71. The van der Waals surface area contributed by atoms with E-state index in [0.29, 0.717) is 18.9 Å². The van der Waals surface area contributed by atoms with Gasteiger partial charge in [0.15, 0.2) is 0 Å². The van der Waals surface area contributed by atoms with E-state index in [0.717, 1.165) is 12.8 Å². The highest BCUT2D eigenvalue weighted by Crippen LogP contribution is 2.42. The molecule has 1 aliphatic carbocycles. The van der Waals surface area contributed by atoms with Gasteiger partial charge in [-0.3, -0.25) is 4.79 Å². The number of carbonyl (C=O) groups is 1. The van der Waals surface area contributed by atoms with E-state index in [4.69, 9.17) is 0 Å². The van der Waals surface area contributed by atoms with Gasteiger partial charge in [-0.25, -0.2) is 8.78 Å². The summed E-state index contributed by atoms with van der Waals surface area (Å²) in [5.41, 5.74) is 0. The third kappa shape index (κ3) is 2.13. The van der Waals surface area contributed by atoms with Crippen LogP contribution in [0.1, 0.15) is 39.0 Å². The van der Waals surface area contributed by atoms with Crippen molar-refractivity contribution in [1.29, 1.82) is 0 Å². The predicted octanol–water partition coefficient (Wildman–Crippen LogP) is 2.43. The molecule has 1 heterocycles. The number of amides is 1. The summed E-state index contributed by atoms with van der Waals surface area (Å²) in [7, 11) is 0. The Labute approximate surface area is 88.6 Å². The Morgan fingerprint density at radius 1 is 1.40 bits per heavy atom. The second-order valence-electron chi connectivity index (χ2n) is 4.78. The molecule has 1 aliphatic heterocycles. The second kappa shape index (κ2) is 3.72. The van der Waals surface area contributed by atoms with Crippen LogP contribution in [-0.2, 0) is 4.79 Å². The lowest BCUT2D eigenvalue weighted by molar-refractivity contribution is -0.142. The Morgan fingerprint density at radius 2 is 2.13 bits per heavy atom. The Kier molecular flexibility index (Phi) is 2.69. The number of likely N-dealkylation sites (tertiary alicyclic amines) is 1. The van der Waals surface area contributed by atoms with Gasteiger partial charge in [0, 0.05) is 32.4 Å². The van der Waals surface area contributed by atoms with E-state index >= 15 is 0 Å². The SMILES string of the molecule is CC(=O)N1CCCC2CCC(F)(F)CC21. The molecule has 2 rings (SSSR count). The van der Waals surface area contributed by atoms with Crippen LogP contribution in [0.4, 0.5) is 8.78 Å². The zero-order valence-electron chi connectivity index (χ0n) is 9.01. The topological polar surface area (TPSA) is 20.3 Å². The van der Waals surface area contributed by atoms with E-state index in [9.17, 15) is 13.6 Å². The van der Waals surface area contributed by atoms with Crippen molar-refractivity contribution in [1.82, 2.24) is 4.90 Å². The highest BCUT2D eigenvalue weighted by atomic mass is 19.3. The number of fused-ring (bicyclic) bond motifs is 1. The van der Waals surface area contributed by atoms with Gasteiger partial charge in [0.05, 0.1) is 0 Å². The molecule has 0 aromatic rings. The first-order valence-electron chi connectivity index (χ1n) is 5.65. The van der Waals surface area contributed by atoms with E-state index < -0.39 is 5.92 Å². The molecular formula is C11H17F2NO. The first-order chi connectivity index (χ1) is 6.99. The Hall–Kier alpha value is -0.670. The highest BCUT2D eigenvalue weighted by molar-refractivity contribution is 5.73. The number of hydrogen-bond acceptors (Lipinski definition) is 1. The molecule has 1 saturated carbocycles. The summed E-state index contributed by atoms with van der Waals surface area (Å²) in [4.78, 5) is 13.0. The van der Waals surface area contributed by atoms with Crippen molar-refractivity contribution < 1.29 is 13.6 Å². The van der Waals surface area contributed by atoms with Gasteiger partial charge in [0.25, 0.3) is 0 Å². The van der Waals surface area contributed by atoms with Gasteiger partial charge in [0.2, 0.25) is 11.8 Å².